The molecule has 0 atom stereocenters. The Morgan fingerprint density at radius 1 is 1.08 bits per heavy atom. The maximum atomic E-state index is 11.7. The van der Waals surface area contributed by atoms with E-state index < -0.39 is 5.91 Å². The van der Waals surface area contributed by atoms with E-state index in [1.54, 1.807) is 6.21 Å². The number of ether oxygens (including phenoxy) is 1. The van der Waals surface area contributed by atoms with Gasteiger partial charge in [0.2, 0.25) is 0 Å². The highest BCUT2D eigenvalue weighted by Gasteiger charge is 2.09. The highest BCUT2D eigenvalue weighted by molar-refractivity contribution is 6.43. The van der Waals surface area contributed by atoms with Crippen LogP contribution in [0.5, 0.6) is 5.75 Å². The number of benzene rings is 2. The first-order valence-corrected chi connectivity index (χ1v) is 8.31. The van der Waals surface area contributed by atoms with Crippen molar-refractivity contribution in [2.75, 3.05) is 6.61 Å². The number of amides is 1. The van der Waals surface area contributed by atoms with Gasteiger partial charge in [0.25, 0.3) is 5.91 Å². The molecule has 0 saturated carbocycles. The summed E-state index contributed by atoms with van der Waals surface area (Å²) in [5, 5.41) is 4.77. The lowest BCUT2D eigenvalue weighted by Gasteiger charge is -2.08. The van der Waals surface area contributed by atoms with Crippen LogP contribution in [0.15, 0.2) is 47.6 Å². The number of hydrogen-bond donors (Lipinski definition) is 1. The van der Waals surface area contributed by atoms with Crippen LogP contribution in [0, 0.1) is 0 Å². The molecule has 0 aliphatic heterocycles. The van der Waals surface area contributed by atoms with Gasteiger partial charge in [-0.2, -0.15) is 5.10 Å². The van der Waals surface area contributed by atoms with Gasteiger partial charge in [0.05, 0.1) is 15.1 Å². The van der Waals surface area contributed by atoms with Gasteiger partial charge in [0.15, 0.2) is 6.61 Å². The van der Waals surface area contributed by atoms with Crippen molar-refractivity contribution in [2.45, 2.75) is 12.8 Å². The minimum absolute atomic E-state index is 0.228. The molecule has 7 heteroatoms. The topological polar surface area (TPSA) is 50.7 Å². The Morgan fingerprint density at radius 2 is 1.79 bits per heavy atom. The van der Waals surface area contributed by atoms with Gasteiger partial charge in [-0.05, 0) is 24.5 Å². The summed E-state index contributed by atoms with van der Waals surface area (Å²) in [6.45, 7) is -0.228. The Morgan fingerprint density at radius 3 is 2.54 bits per heavy atom. The quantitative estimate of drug-likeness (QED) is 0.424. The molecular formula is C17H15Cl3N2O2. The summed E-state index contributed by atoms with van der Waals surface area (Å²) in [6.07, 6.45) is 3.23. The summed E-state index contributed by atoms with van der Waals surface area (Å²) >= 11 is 17.7. The molecule has 0 spiro atoms. The first-order valence-electron chi connectivity index (χ1n) is 7.18. The van der Waals surface area contributed by atoms with E-state index in [9.17, 15) is 4.79 Å². The average molecular weight is 386 g/mol. The standard InChI is InChI=1S/C17H15Cl3N2O2/c18-13-9-15(20)16(10-14(13)19)24-11-17(23)22-21-8-4-7-12-5-2-1-3-6-12/h1-3,5-6,8-10H,4,7,11H2,(H,22,23)/b21-8+. The molecule has 0 bridgehead atoms. The fourth-order valence-electron chi connectivity index (χ4n) is 1.85. The van der Waals surface area contributed by atoms with Gasteiger partial charge in [-0.1, -0.05) is 65.1 Å². The van der Waals surface area contributed by atoms with Crippen molar-refractivity contribution in [2.24, 2.45) is 5.10 Å². The van der Waals surface area contributed by atoms with Crippen molar-refractivity contribution in [3.05, 3.63) is 63.1 Å². The van der Waals surface area contributed by atoms with Gasteiger partial charge in [0, 0.05) is 12.3 Å². The zero-order chi connectivity index (χ0) is 17.4. The van der Waals surface area contributed by atoms with Gasteiger partial charge in [-0.3, -0.25) is 4.79 Å². The van der Waals surface area contributed by atoms with Crippen LogP contribution >= 0.6 is 34.8 Å². The minimum Gasteiger partial charge on any atom is -0.482 e. The number of nitrogens with one attached hydrogen (secondary N) is 1. The smallest absolute Gasteiger partial charge is 0.277 e. The number of aryl methyl sites for hydroxylation is 1. The molecule has 126 valence electrons. The molecule has 24 heavy (non-hydrogen) atoms. The molecule has 0 heterocycles. The van der Waals surface area contributed by atoms with E-state index in [1.807, 2.05) is 30.3 Å². The van der Waals surface area contributed by atoms with E-state index in [0.717, 1.165) is 12.8 Å². The second-order valence-corrected chi connectivity index (χ2v) is 6.08. The molecule has 0 aliphatic carbocycles. The molecule has 2 rings (SSSR count). The summed E-state index contributed by atoms with van der Waals surface area (Å²) < 4.78 is 5.30. The second-order valence-electron chi connectivity index (χ2n) is 4.86. The second kappa shape index (κ2) is 9.52. The molecule has 0 unspecified atom stereocenters. The summed E-state index contributed by atoms with van der Waals surface area (Å²) in [5.41, 5.74) is 3.60. The minimum atomic E-state index is -0.395. The Hall–Kier alpha value is -1.75. The van der Waals surface area contributed by atoms with Gasteiger partial charge in [0.1, 0.15) is 5.75 Å². The molecule has 0 fully saturated rings. The third-order valence-electron chi connectivity index (χ3n) is 3.02. The third kappa shape index (κ3) is 6.04. The summed E-state index contributed by atoms with van der Waals surface area (Å²) in [7, 11) is 0. The maximum Gasteiger partial charge on any atom is 0.277 e. The lowest BCUT2D eigenvalue weighted by atomic mass is 10.1. The van der Waals surface area contributed by atoms with Crippen LogP contribution in [0.1, 0.15) is 12.0 Å². The molecule has 0 saturated heterocycles. The first kappa shape index (κ1) is 18.6. The molecule has 4 nitrogen and oxygen atoms in total. The van der Waals surface area contributed by atoms with Gasteiger partial charge >= 0.3 is 0 Å². The Bertz CT molecular complexity index is 721. The highest BCUT2D eigenvalue weighted by Crippen LogP contribution is 2.33. The molecule has 1 amide bonds. The number of carbonyl (C=O) groups excluding carboxylic acids is 1. The Balaban J connectivity index is 1.72. The average Bonchev–Trinajstić information content (AvgIpc) is 2.57. The van der Waals surface area contributed by atoms with E-state index in [0.29, 0.717) is 10.0 Å². The van der Waals surface area contributed by atoms with E-state index in [1.165, 1.54) is 17.7 Å². The van der Waals surface area contributed by atoms with E-state index in [2.05, 4.69) is 10.5 Å². The van der Waals surface area contributed by atoms with Crippen LogP contribution in [0.2, 0.25) is 15.1 Å². The van der Waals surface area contributed by atoms with E-state index in [-0.39, 0.29) is 17.4 Å². The fourth-order valence-corrected chi connectivity index (χ4v) is 2.44. The molecule has 2 aromatic carbocycles. The van der Waals surface area contributed by atoms with Crippen molar-refractivity contribution in [3.63, 3.8) is 0 Å². The predicted molar refractivity (Wildman–Crippen MR) is 98.4 cm³/mol. The van der Waals surface area contributed by atoms with Crippen LogP contribution < -0.4 is 10.2 Å². The monoisotopic (exact) mass is 384 g/mol. The van der Waals surface area contributed by atoms with Crippen LogP contribution in [0.4, 0.5) is 0 Å². The summed E-state index contributed by atoms with van der Waals surface area (Å²) in [5.74, 6) is -0.109. The molecule has 2 aromatic rings. The summed E-state index contributed by atoms with van der Waals surface area (Å²) in [4.78, 5) is 11.7. The number of rotatable bonds is 7. The number of hydrogen-bond acceptors (Lipinski definition) is 3. The van der Waals surface area contributed by atoms with Crippen LogP contribution in [0.3, 0.4) is 0 Å². The molecule has 1 N–H and O–H groups in total. The van der Waals surface area contributed by atoms with Crippen LogP contribution in [0.25, 0.3) is 0 Å². The van der Waals surface area contributed by atoms with Crippen molar-refractivity contribution in [3.8, 4) is 5.75 Å². The number of hydrazone groups is 1. The van der Waals surface area contributed by atoms with Crippen molar-refractivity contribution < 1.29 is 9.53 Å². The van der Waals surface area contributed by atoms with Crippen LogP contribution in [-0.4, -0.2) is 18.7 Å². The van der Waals surface area contributed by atoms with Crippen molar-refractivity contribution >= 4 is 46.9 Å². The lowest BCUT2D eigenvalue weighted by Crippen LogP contribution is -2.24. The Kier molecular flexibility index (Phi) is 7.37. The zero-order valence-electron chi connectivity index (χ0n) is 12.6. The van der Waals surface area contributed by atoms with Crippen LogP contribution in [-0.2, 0) is 11.2 Å². The van der Waals surface area contributed by atoms with Gasteiger partial charge < -0.3 is 4.74 Å². The largest absolute Gasteiger partial charge is 0.482 e. The van der Waals surface area contributed by atoms with Gasteiger partial charge in [-0.15, -0.1) is 0 Å². The number of carbonyl (C=O) groups is 1. The lowest BCUT2D eigenvalue weighted by molar-refractivity contribution is -0.123. The normalized spacial score (nSPS) is 10.8. The summed E-state index contributed by atoms with van der Waals surface area (Å²) in [6, 6.07) is 12.9. The van der Waals surface area contributed by atoms with E-state index >= 15 is 0 Å². The maximum absolute atomic E-state index is 11.7. The number of nitrogens with zero attached hydrogens (tertiary/aromatic N) is 1. The molecule has 0 aromatic heterocycles. The predicted octanol–water partition coefficient (Wildman–Crippen LogP) is 4.76. The SMILES string of the molecule is O=C(COc1cc(Cl)c(Cl)cc1Cl)N/N=C/CCc1ccccc1. The van der Waals surface area contributed by atoms with Gasteiger partial charge in [-0.25, -0.2) is 5.43 Å². The third-order valence-corrected chi connectivity index (χ3v) is 4.04. The zero-order valence-corrected chi connectivity index (χ0v) is 14.9. The van der Waals surface area contributed by atoms with E-state index in [4.69, 9.17) is 39.5 Å². The van der Waals surface area contributed by atoms with Crippen molar-refractivity contribution in [1.82, 2.24) is 5.43 Å². The Labute approximate surface area is 155 Å². The highest BCUT2D eigenvalue weighted by atomic mass is 35.5. The fraction of sp³-hybridized carbons (Fsp3) is 0.176. The van der Waals surface area contributed by atoms with Crippen molar-refractivity contribution in [1.29, 1.82) is 0 Å². The first-order chi connectivity index (χ1) is 11.6. The molecular weight excluding hydrogens is 371 g/mol. The molecule has 0 aliphatic rings. The molecule has 0 radical (unpaired) electrons. The number of halogens is 3.